The molecular formula is C54H79IN26. The molecule has 0 aliphatic carbocycles. The number of azo groups is 2. The number of alkyl halides is 1. The Morgan fingerprint density at radius 1 is 0.519 bits per heavy atom. The standard InChI is InChI=1S/C19H27N9.C17H23N9.C9H14N4.C8H12N4.CH3I/c1-11-23-27(10)17-13(15(19(5,6)7)25-28(11)17)21-22-16-12(20-8)14(18(2,3)4)24-26(16)9;1-9-19-24-15-11(13(17(5,6)7)25-26(9)15)20-22-14-10(18-8)12(21-23-14)16(2,3)4;1-6-10-11-8-5-7(9(2,3)4)12-13(6)8;1-8(2,3)6-5(10-4)7(9)12-11-6;1-2/h1-7,9-10H3;25H,1-7H3,(H,21,23);5,12H,1-4H3;1-3H3,(H3,9,11,12);1H3. The summed E-state index contributed by atoms with van der Waals surface area (Å²) in [5, 5.41) is 67.8. The van der Waals surface area contributed by atoms with Crippen molar-refractivity contribution >= 4 is 85.4 Å². The highest BCUT2D eigenvalue weighted by Crippen LogP contribution is 2.42. The summed E-state index contributed by atoms with van der Waals surface area (Å²) in [6.07, 6.45) is 0. The smallest absolute Gasteiger partial charge is 0.255 e. The van der Waals surface area contributed by atoms with Crippen LogP contribution in [-0.4, -0.2) is 94.1 Å². The Bertz CT molecular complexity index is 3850. The molecule has 0 spiro atoms. The van der Waals surface area contributed by atoms with Crippen LogP contribution in [0.4, 0.5) is 45.9 Å². The van der Waals surface area contributed by atoms with Crippen molar-refractivity contribution < 1.29 is 0 Å². The van der Waals surface area contributed by atoms with E-state index in [4.69, 9.17) is 30.5 Å². The van der Waals surface area contributed by atoms with Crippen LogP contribution in [0, 0.1) is 40.5 Å². The highest BCUT2D eigenvalue weighted by Gasteiger charge is 2.31. The molecule has 26 nitrogen and oxygen atoms in total. The number of aryl methyl sites for hydroxylation is 5. The fourth-order valence-corrected chi connectivity index (χ4v) is 8.07. The summed E-state index contributed by atoms with van der Waals surface area (Å²) < 4.78 is 8.85. The van der Waals surface area contributed by atoms with Gasteiger partial charge in [0.05, 0.1) is 36.8 Å². The predicted molar refractivity (Wildman–Crippen MR) is 325 cm³/mol. The Hall–Kier alpha value is -8.13. The summed E-state index contributed by atoms with van der Waals surface area (Å²) in [5.74, 6) is 3.42. The molecule has 9 rings (SSSR count). The van der Waals surface area contributed by atoms with Crippen molar-refractivity contribution in [2.45, 2.75) is 178 Å². The Labute approximate surface area is 487 Å². The Morgan fingerprint density at radius 3 is 1.54 bits per heavy atom. The molecule has 432 valence electrons. The summed E-state index contributed by atoms with van der Waals surface area (Å²) in [6.45, 7) is 64.9. The molecule has 6 N–H and O–H groups in total. The first-order chi connectivity index (χ1) is 37.3. The number of H-pyrrole nitrogens is 4. The van der Waals surface area contributed by atoms with Gasteiger partial charge in [0.2, 0.25) is 11.5 Å². The second-order valence-corrected chi connectivity index (χ2v) is 25.4. The topological polar surface area (TPSA) is 291 Å². The van der Waals surface area contributed by atoms with Crippen molar-refractivity contribution in [2.24, 2.45) is 34.6 Å². The third-order valence-electron chi connectivity index (χ3n) is 12.4. The summed E-state index contributed by atoms with van der Waals surface area (Å²) in [5.41, 5.74) is 14.6. The first kappa shape index (κ1) is 63.7. The van der Waals surface area contributed by atoms with Gasteiger partial charge in [-0.1, -0.05) is 147 Å². The zero-order valence-corrected chi connectivity index (χ0v) is 53.6. The van der Waals surface area contributed by atoms with Crippen LogP contribution in [0.2, 0.25) is 0 Å². The summed E-state index contributed by atoms with van der Waals surface area (Å²) in [6, 6.07) is 2.04. The van der Waals surface area contributed by atoms with Crippen LogP contribution < -0.4 is 5.73 Å². The number of rotatable bonds is 4. The lowest BCUT2D eigenvalue weighted by Crippen LogP contribution is -2.12. The number of nitrogens with zero attached hydrogens (tertiary/aromatic N) is 21. The van der Waals surface area contributed by atoms with E-state index in [9.17, 15) is 0 Å². The minimum atomic E-state index is -0.258. The average Bonchev–Trinajstić information content (AvgIpc) is 4.43. The maximum absolute atomic E-state index is 7.62. The Kier molecular flexibility index (Phi) is 18.5. The van der Waals surface area contributed by atoms with E-state index in [2.05, 4.69) is 181 Å². The molecule has 0 saturated heterocycles. The third kappa shape index (κ3) is 13.7. The van der Waals surface area contributed by atoms with Gasteiger partial charge in [0.25, 0.3) is 17.1 Å². The molecule has 0 aliphatic heterocycles. The quantitative estimate of drug-likeness (QED) is 0.0480. The fraction of sp³-hybridized carbons (Fsp3) is 0.556. The van der Waals surface area contributed by atoms with E-state index in [0.717, 1.165) is 51.5 Å². The molecule has 0 atom stereocenters. The third-order valence-corrected chi connectivity index (χ3v) is 12.4. The molecular weight excluding hydrogens is 1140 g/mol. The van der Waals surface area contributed by atoms with Crippen molar-refractivity contribution in [1.29, 1.82) is 0 Å². The zero-order chi connectivity index (χ0) is 61.3. The van der Waals surface area contributed by atoms with Crippen LogP contribution in [0.1, 0.15) is 176 Å². The van der Waals surface area contributed by atoms with Crippen LogP contribution in [0.3, 0.4) is 0 Å². The van der Waals surface area contributed by atoms with E-state index < -0.39 is 0 Å². The number of anilines is 1. The highest BCUT2D eigenvalue weighted by atomic mass is 127. The van der Waals surface area contributed by atoms with Crippen LogP contribution in [-0.2, 0) is 46.6 Å². The number of halogens is 1. The average molecular weight is 1220 g/mol. The summed E-state index contributed by atoms with van der Waals surface area (Å²) >= 11 is 2.15. The molecule has 0 aromatic carbocycles. The molecule has 9 heterocycles. The van der Waals surface area contributed by atoms with Gasteiger partial charge in [0, 0.05) is 53.5 Å². The first-order valence-corrected chi connectivity index (χ1v) is 28.1. The van der Waals surface area contributed by atoms with Crippen molar-refractivity contribution in [2.75, 3.05) is 10.7 Å². The lowest BCUT2D eigenvalue weighted by molar-refractivity contribution is 0.555. The molecule has 0 aliphatic rings. The van der Waals surface area contributed by atoms with E-state index in [1.807, 2.05) is 106 Å². The largest absolute Gasteiger partial charge is 0.391 e. The van der Waals surface area contributed by atoms with E-state index >= 15 is 0 Å². The van der Waals surface area contributed by atoms with E-state index in [-0.39, 0.29) is 44.1 Å². The second-order valence-electron chi connectivity index (χ2n) is 25.4. The van der Waals surface area contributed by atoms with Crippen LogP contribution in [0.15, 0.2) is 26.5 Å². The summed E-state index contributed by atoms with van der Waals surface area (Å²) in [4.78, 5) is 12.6. The Morgan fingerprint density at radius 2 is 1.04 bits per heavy atom. The van der Waals surface area contributed by atoms with Gasteiger partial charge >= 0.3 is 0 Å². The van der Waals surface area contributed by atoms with Gasteiger partial charge in [-0.15, -0.1) is 40.9 Å². The lowest BCUT2D eigenvalue weighted by atomic mass is 9.91. The monoisotopic (exact) mass is 1220 g/mol. The first-order valence-electron chi connectivity index (χ1n) is 26.0. The van der Waals surface area contributed by atoms with Crippen LogP contribution in [0.5, 0.6) is 0 Å². The molecule has 0 unspecified atom stereocenters. The number of fused-ring (bicyclic) bond motifs is 3. The maximum atomic E-state index is 7.62. The normalized spacial score (nSPS) is 12.4. The number of nitrogen functional groups attached to an aromatic ring is 1. The minimum Gasteiger partial charge on any atom is -0.391 e. The molecule has 0 fully saturated rings. The number of aromatic nitrogens is 18. The van der Waals surface area contributed by atoms with Crippen molar-refractivity contribution in [1.82, 2.24) is 89.2 Å². The van der Waals surface area contributed by atoms with E-state index in [1.54, 1.807) is 25.4 Å². The predicted octanol–water partition coefficient (Wildman–Crippen LogP) is 13.9. The number of hydrogen-bond acceptors (Lipinski definition) is 14. The molecule has 81 heavy (non-hydrogen) atoms. The van der Waals surface area contributed by atoms with Gasteiger partial charge in [-0.2, -0.15) is 30.0 Å². The van der Waals surface area contributed by atoms with Gasteiger partial charge in [0.1, 0.15) is 17.5 Å². The number of nitrogens with two attached hydrogens (primary N) is 1. The molecule has 0 saturated carbocycles. The van der Waals surface area contributed by atoms with Gasteiger partial charge in [-0.25, -0.2) is 28.2 Å². The molecule has 27 heteroatoms. The van der Waals surface area contributed by atoms with Crippen LogP contribution >= 0.6 is 22.6 Å². The number of aromatic amines is 4. The second kappa shape index (κ2) is 23.5. The zero-order valence-electron chi connectivity index (χ0n) is 51.4. The van der Waals surface area contributed by atoms with E-state index in [1.165, 1.54) is 5.69 Å². The fourth-order valence-electron chi connectivity index (χ4n) is 8.07. The SMILES string of the molecule is CI.Cc1nnc2cc(C(C)(C)C)[nH]n12.[C-]#[N+]c1c(C(C)(C)C)nn(C)c1N=Nc1c(C(C)(C)C)nn2c(C)nn(C)c12.[C-]#[N+]c1c(N)n[nH]c1C(C)(C)C.[C-]#[N+]c1c(N=Nc2c(C(C)(C)C)[nH]n3c(C)nnc23)n[nH]c1C(C)(C)C. The van der Waals surface area contributed by atoms with E-state index in [0.29, 0.717) is 45.6 Å². The van der Waals surface area contributed by atoms with Crippen molar-refractivity contribution in [3.63, 3.8) is 0 Å². The maximum Gasteiger partial charge on any atom is 0.255 e. The van der Waals surface area contributed by atoms with Crippen molar-refractivity contribution in [3.05, 3.63) is 92.0 Å². The van der Waals surface area contributed by atoms with Gasteiger partial charge in [0.15, 0.2) is 34.3 Å². The van der Waals surface area contributed by atoms with Gasteiger partial charge in [-0.05, 0) is 41.9 Å². The van der Waals surface area contributed by atoms with Gasteiger partial charge < -0.3 is 5.73 Å². The number of hydrogen-bond donors (Lipinski definition) is 5. The molecule has 9 aromatic rings. The summed E-state index contributed by atoms with van der Waals surface area (Å²) in [7, 11) is 3.65. The minimum absolute atomic E-state index is 0.107. The number of nitrogens with one attached hydrogen (secondary N) is 4. The molecule has 0 bridgehead atoms. The molecule has 0 amide bonds. The van der Waals surface area contributed by atoms with Crippen LogP contribution in [0.25, 0.3) is 31.5 Å². The lowest BCUT2D eigenvalue weighted by Gasteiger charge is -2.16. The van der Waals surface area contributed by atoms with Crippen molar-refractivity contribution in [3.8, 4) is 0 Å². The molecule has 0 radical (unpaired) electrons. The Balaban J connectivity index is 0.000000208. The van der Waals surface area contributed by atoms with Gasteiger partial charge in [-0.3, -0.25) is 25.1 Å². The molecule has 9 aromatic heterocycles. The highest BCUT2D eigenvalue weighted by molar-refractivity contribution is 14.1.